The summed E-state index contributed by atoms with van der Waals surface area (Å²) < 4.78 is 28.0. The zero-order valence-electron chi connectivity index (χ0n) is 11.4. The van der Waals surface area contributed by atoms with E-state index in [-0.39, 0.29) is 11.5 Å². The summed E-state index contributed by atoms with van der Waals surface area (Å²) in [4.78, 5) is 0.156. The molecule has 1 aromatic rings. The van der Waals surface area contributed by atoms with E-state index in [4.69, 9.17) is 5.11 Å². The summed E-state index contributed by atoms with van der Waals surface area (Å²) in [6.45, 7) is 5.54. The topological polar surface area (TPSA) is 66.4 Å². The average Bonchev–Trinajstić information content (AvgIpc) is 2.27. The van der Waals surface area contributed by atoms with Crippen LogP contribution in [0.2, 0.25) is 0 Å². The van der Waals surface area contributed by atoms with E-state index in [2.05, 4.69) is 20.7 Å². The molecule has 0 radical (unpaired) electrons. The van der Waals surface area contributed by atoms with Crippen molar-refractivity contribution in [1.29, 1.82) is 0 Å². The van der Waals surface area contributed by atoms with Gasteiger partial charge >= 0.3 is 0 Å². The second kappa shape index (κ2) is 6.35. The van der Waals surface area contributed by atoms with Gasteiger partial charge < -0.3 is 5.11 Å². The highest BCUT2D eigenvalue weighted by Gasteiger charge is 2.27. The molecule has 0 fully saturated rings. The highest BCUT2D eigenvalue weighted by Crippen LogP contribution is 2.25. The summed E-state index contributed by atoms with van der Waals surface area (Å²) in [5.41, 5.74) is 0.0688. The van der Waals surface area contributed by atoms with Gasteiger partial charge in [-0.15, -0.1) is 0 Å². The molecule has 0 atom stereocenters. The molecule has 108 valence electrons. The van der Waals surface area contributed by atoms with Gasteiger partial charge in [-0.1, -0.05) is 19.4 Å². The molecule has 0 aromatic heterocycles. The minimum Gasteiger partial charge on any atom is -0.392 e. The van der Waals surface area contributed by atoms with Gasteiger partial charge in [0.15, 0.2) is 0 Å². The third-order valence-electron chi connectivity index (χ3n) is 2.75. The van der Waals surface area contributed by atoms with Gasteiger partial charge in [0.2, 0.25) is 10.0 Å². The van der Waals surface area contributed by atoms with Gasteiger partial charge in [-0.05, 0) is 53.9 Å². The molecular weight excluding hydrogens is 330 g/mol. The summed E-state index contributed by atoms with van der Waals surface area (Å²) in [6.07, 6.45) is 1.65. The molecule has 0 amide bonds. The Hall–Kier alpha value is -0.430. The maximum absolute atomic E-state index is 12.4. The summed E-state index contributed by atoms with van der Waals surface area (Å²) in [5, 5.41) is 9.10. The lowest BCUT2D eigenvalue weighted by Gasteiger charge is -2.25. The number of aliphatic hydroxyl groups is 1. The maximum atomic E-state index is 12.4. The van der Waals surface area contributed by atoms with Crippen molar-refractivity contribution in [3.8, 4) is 0 Å². The van der Waals surface area contributed by atoms with Crippen molar-refractivity contribution in [2.75, 3.05) is 0 Å². The lowest BCUT2D eigenvalue weighted by atomic mass is 10.0. The van der Waals surface area contributed by atoms with E-state index in [1.807, 2.05) is 20.8 Å². The first-order chi connectivity index (χ1) is 8.72. The van der Waals surface area contributed by atoms with E-state index < -0.39 is 15.6 Å². The van der Waals surface area contributed by atoms with Crippen LogP contribution in [0.5, 0.6) is 0 Å². The first-order valence-electron chi connectivity index (χ1n) is 6.15. The number of hydrogen-bond acceptors (Lipinski definition) is 3. The van der Waals surface area contributed by atoms with Crippen molar-refractivity contribution in [2.24, 2.45) is 0 Å². The first-order valence-corrected chi connectivity index (χ1v) is 8.43. The average molecular weight is 350 g/mol. The molecule has 0 saturated carbocycles. The predicted octanol–water partition coefficient (Wildman–Crippen LogP) is 2.80. The Morgan fingerprint density at radius 1 is 1.37 bits per heavy atom. The molecule has 0 aliphatic carbocycles. The largest absolute Gasteiger partial charge is 0.392 e. The number of benzene rings is 1. The Balaban J connectivity index is 3.13. The van der Waals surface area contributed by atoms with Crippen molar-refractivity contribution >= 4 is 26.0 Å². The van der Waals surface area contributed by atoms with Crippen molar-refractivity contribution in [3.63, 3.8) is 0 Å². The smallest absolute Gasteiger partial charge is 0.242 e. The number of sulfonamides is 1. The van der Waals surface area contributed by atoms with E-state index in [9.17, 15) is 8.42 Å². The van der Waals surface area contributed by atoms with E-state index in [0.717, 1.165) is 12.8 Å². The molecular formula is C13H20BrNO3S. The lowest BCUT2D eigenvalue weighted by Crippen LogP contribution is -2.43. The van der Waals surface area contributed by atoms with Crippen LogP contribution in [0.15, 0.2) is 27.6 Å². The van der Waals surface area contributed by atoms with Crippen LogP contribution in [0.3, 0.4) is 0 Å². The van der Waals surface area contributed by atoms with Gasteiger partial charge in [-0.25, -0.2) is 13.1 Å². The number of aliphatic hydroxyl groups excluding tert-OH is 1. The lowest BCUT2D eigenvalue weighted by molar-refractivity contribution is 0.281. The summed E-state index contributed by atoms with van der Waals surface area (Å²) >= 11 is 3.24. The van der Waals surface area contributed by atoms with E-state index in [1.165, 1.54) is 6.07 Å². The van der Waals surface area contributed by atoms with Crippen LogP contribution < -0.4 is 4.72 Å². The van der Waals surface area contributed by atoms with Crippen LogP contribution in [-0.4, -0.2) is 19.1 Å². The molecule has 1 rings (SSSR count). The molecule has 0 heterocycles. The second-order valence-electron chi connectivity index (χ2n) is 5.16. The minimum absolute atomic E-state index is 0.156. The van der Waals surface area contributed by atoms with Crippen LogP contribution in [0.25, 0.3) is 0 Å². The van der Waals surface area contributed by atoms with Crippen molar-refractivity contribution in [3.05, 3.63) is 28.2 Å². The fourth-order valence-corrected chi connectivity index (χ4v) is 4.40. The Labute approximate surface area is 123 Å². The number of hydrogen-bond donors (Lipinski definition) is 2. The van der Waals surface area contributed by atoms with Crippen LogP contribution in [0.4, 0.5) is 0 Å². The third kappa shape index (κ3) is 4.56. The fraction of sp³-hybridized carbons (Fsp3) is 0.538. The zero-order chi connectivity index (χ0) is 14.7. The van der Waals surface area contributed by atoms with Gasteiger partial charge in [0.25, 0.3) is 0 Å². The van der Waals surface area contributed by atoms with Gasteiger partial charge in [0, 0.05) is 10.0 Å². The van der Waals surface area contributed by atoms with E-state index in [0.29, 0.717) is 10.0 Å². The normalized spacial score (nSPS) is 12.7. The third-order valence-corrected chi connectivity index (χ3v) is 5.45. The number of nitrogens with one attached hydrogen (secondary N) is 1. The quantitative estimate of drug-likeness (QED) is 0.829. The Morgan fingerprint density at radius 3 is 2.53 bits per heavy atom. The first kappa shape index (κ1) is 16.6. The van der Waals surface area contributed by atoms with Crippen molar-refractivity contribution in [2.45, 2.75) is 50.7 Å². The zero-order valence-corrected chi connectivity index (χ0v) is 13.8. The predicted molar refractivity (Wildman–Crippen MR) is 79.4 cm³/mol. The van der Waals surface area contributed by atoms with Gasteiger partial charge in [0.1, 0.15) is 0 Å². The molecule has 0 bridgehead atoms. The Kier molecular flexibility index (Phi) is 5.55. The highest BCUT2D eigenvalue weighted by molar-refractivity contribution is 9.10. The molecule has 0 aliphatic rings. The standard InChI is InChI=1S/C13H20BrNO3S/c1-4-7-13(2,3)15-19(17,18)12-8-10(9-16)5-6-11(12)14/h5-6,8,15-16H,4,7,9H2,1-3H3. The molecule has 0 aliphatic heterocycles. The van der Waals surface area contributed by atoms with Gasteiger partial charge in [0.05, 0.1) is 11.5 Å². The summed E-state index contributed by atoms with van der Waals surface area (Å²) in [5.74, 6) is 0. The molecule has 6 heteroatoms. The van der Waals surface area contributed by atoms with E-state index in [1.54, 1.807) is 12.1 Å². The highest BCUT2D eigenvalue weighted by atomic mass is 79.9. The molecule has 1 aromatic carbocycles. The molecule has 19 heavy (non-hydrogen) atoms. The van der Waals surface area contributed by atoms with Gasteiger partial charge in [-0.2, -0.15) is 0 Å². The summed E-state index contributed by atoms with van der Waals surface area (Å²) in [6, 6.07) is 4.79. The van der Waals surface area contributed by atoms with Gasteiger partial charge in [-0.3, -0.25) is 0 Å². The molecule has 0 unspecified atom stereocenters. The fourth-order valence-electron chi connectivity index (χ4n) is 1.95. The van der Waals surface area contributed by atoms with Crippen molar-refractivity contribution in [1.82, 2.24) is 4.72 Å². The maximum Gasteiger partial charge on any atom is 0.242 e. The SMILES string of the molecule is CCCC(C)(C)NS(=O)(=O)c1cc(CO)ccc1Br. The Morgan fingerprint density at radius 2 is 2.00 bits per heavy atom. The van der Waals surface area contributed by atoms with E-state index >= 15 is 0 Å². The monoisotopic (exact) mass is 349 g/mol. The summed E-state index contributed by atoms with van der Waals surface area (Å²) in [7, 11) is -3.61. The molecule has 2 N–H and O–H groups in total. The van der Waals surface area contributed by atoms with Crippen LogP contribution in [-0.2, 0) is 16.6 Å². The van der Waals surface area contributed by atoms with Crippen molar-refractivity contribution < 1.29 is 13.5 Å². The minimum atomic E-state index is -3.61. The Bertz CT molecular complexity index is 541. The van der Waals surface area contributed by atoms with Crippen LogP contribution in [0, 0.1) is 0 Å². The molecule has 0 saturated heterocycles. The molecule has 0 spiro atoms. The molecule has 4 nitrogen and oxygen atoms in total. The number of rotatable bonds is 6. The number of halogens is 1. The van der Waals surface area contributed by atoms with Crippen LogP contribution >= 0.6 is 15.9 Å². The second-order valence-corrected chi connectivity index (χ2v) is 7.67. The van der Waals surface area contributed by atoms with Crippen LogP contribution in [0.1, 0.15) is 39.2 Å².